The molecule has 0 bridgehead atoms. The maximum absolute atomic E-state index is 12.7. The van der Waals surface area contributed by atoms with Gasteiger partial charge in [-0.3, -0.25) is 4.79 Å². The first-order chi connectivity index (χ1) is 15.3. The van der Waals surface area contributed by atoms with E-state index in [4.69, 9.17) is 10.5 Å². The van der Waals surface area contributed by atoms with E-state index in [0.29, 0.717) is 18.1 Å². The van der Waals surface area contributed by atoms with E-state index in [-0.39, 0.29) is 17.6 Å². The lowest BCUT2D eigenvalue weighted by molar-refractivity contribution is -0.125. The summed E-state index contributed by atoms with van der Waals surface area (Å²) in [6.07, 6.45) is 13.9. The normalized spacial score (nSPS) is 18.9. The predicted molar refractivity (Wildman–Crippen MR) is 142 cm³/mol. The van der Waals surface area contributed by atoms with Gasteiger partial charge in [0.1, 0.15) is 0 Å². The summed E-state index contributed by atoms with van der Waals surface area (Å²) >= 11 is 0. The number of allylic oxidation sites excluding steroid dienone is 8. The Kier molecular flexibility index (Phi) is 20.1. The zero-order chi connectivity index (χ0) is 25.1. The van der Waals surface area contributed by atoms with Crippen molar-refractivity contribution >= 4 is 5.78 Å². The molecule has 1 aliphatic carbocycles. The summed E-state index contributed by atoms with van der Waals surface area (Å²) in [6.45, 7) is 21.2. The van der Waals surface area contributed by atoms with Crippen LogP contribution in [-0.4, -0.2) is 12.4 Å². The number of ether oxygens (including phenoxy) is 1. The van der Waals surface area contributed by atoms with Crippen molar-refractivity contribution in [2.45, 2.75) is 114 Å². The number of ketones is 1. The van der Waals surface area contributed by atoms with E-state index in [1.165, 1.54) is 16.7 Å². The molecule has 0 radical (unpaired) electrons. The molecule has 2 N–H and O–H groups in total. The Bertz CT molecular complexity index is 634. The summed E-state index contributed by atoms with van der Waals surface area (Å²) in [5.74, 6) is 0.826. The lowest BCUT2D eigenvalue weighted by Gasteiger charge is -2.30. The van der Waals surface area contributed by atoms with E-state index in [2.05, 4.69) is 52.8 Å². The van der Waals surface area contributed by atoms with Crippen molar-refractivity contribution in [3.05, 3.63) is 46.4 Å². The van der Waals surface area contributed by atoms with Crippen molar-refractivity contribution in [1.29, 1.82) is 0 Å². The number of nitrogens with two attached hydrogens (primary N) is 1. The zero-order valence-corrected chi connectivity index (χ0v) is 22.9. The van der Waals surface area contributed by atoms with Gasteiger partial charge in [-0.1, -0.05) is 69.6 Å². The van der Waals surface area contributed by atoms with Gasteiger partial charge in [-0.05, 0) is 85.5 Å². The first-order valence-electron chi connectivity index (χ1n) is 12.9. The van der Waals surface area contributed by atoms with E-state index in [9.17, 15) is 4.79 Å². The summed E-state index contributed by atoms with van der Waals surface area (Å²) < 4.78 is 5.51. The molecule has 0 fully saturated rings. The molecule has 0 saturated heterocycles. The number of carbonyl (C=O) groups is 1. The van der Waals surface area contributed by atoms with Crippen LogP contribution < -0.4 is 5.73 Å². The third-order valence-corrected chi connectivity index (χ3v) is 5.52. The van der Waals surface area contributed by atoms with Crippen LogP contribution in [0.4, 0.5) is 0 Å². The Morgan fingerprint density at radius 3 is 1.97 bits per heavy atom. The van der Waals surface area contributed by atoms with Gasteiger partial charge in [0, 0.05) is 5.92 Å². The van der Waals surface area contributed by atoms with Crippen LogP contribution in [0.1, 0.15) is 114 Å². The smallest absolute Gasteiger partial charge is 0.202 e. The Morgan fingerprint density at radius 2 is 1.47 bits per heavy atom. The number of Topliss-reactive ketones (excluding diaryl/α,β-unsaturated/α-hetero) is 1. The van der Waals surface area contributed by atoms with Crippen LogP contribution in [0.5, 0.6) is 0 Å². The Hall–Kier alpha value is -1.77. The molecule has 0 aromatic carbocycles. The molecule has 1 aliphatic rings. The Morgan fingerprint density at radius 1 is 0.938 bits per heavy atom. The quantitative estimate of drug-likeness (QED) is 0.322. The van der Waals surface area contributed by atoms with Gasteiger partial charge in [0.25, 0.3) is 0 Å². The molecule has 2 atom stereocenters. The van der Waals surface area contributed by atoms with E-state index < -0.39 is 0 Å². The fourth-order valence-electron chi connectivity index (χ4n) is 3.82. The van der Waals surface area contributed by atoms with Crippen molar-refractivity contribution in [2.75, 3.05) is 6.61 Å². The van der Waals surface area contributed by atoms with Gasteiger partial charge >= 0.3 is 0 Å². The Balaban J connectivity index is 0. The van der Waals surface area contributed by atoms with Crippen LogP contribution in [0, 0.1) is 11.8 Å². The minimum Gasteiger partial charge on any atom is -0.488 e. The standard InChI is InChI=1S/C25H41NO2.2C2H6/c1-7-22-21(17-23(26)25(24(22)27)28-8-2)16-15-20(6)14-10-13-19(5)12-9-11-18(3)4;2*1-2/h11,13,15,21-22H,7-10,12,14,16-17,26H2,1-6H3;2*1-2H3/b19-13+,20-15+;;/t21-,22?;;/m1../s1. The molecule has 3 heteroatoms. The summed E-state index contributed by atoms with van der Waals surface area (Å²) in [7, 11) is 0. The van der Waals surface area contributed by atoms with Crippen LogP contribution in [0.2, 0.25) is 0 Å². The second-order valence-corrected chi connectivity index (χ2v) is 8.33. The monoisotopic (exact) mass is 447 g/mol. The van der Waals surface area contributed by atoms with Crippen molar-refractivity contribution in [2.24, 2.45) is 17.6 Å². The number of carbonyl (C=O) groups excluding carboxylic acids is 1. The summed E-state index contributed by atoms with van der Waals surface area (Å²) in [6, 6.07) is 0. The fraction of sp³-hybridized carbons (Fsp3) is 0.690. The highest BCUT2D eigenvalue weighted by atomic mass is 16.5. The second-order valence-electron chi connectivity index (χ2n) is 8.33. The molecular formula is C29H53NO2. The molecule has 1 rings (SSSR count). The molecule has 1 unspecified atom stereocenters. The van der Waals surface area contributed by atoms with Gasteiger partial charge in [-0.25, -0.2) is 0 Å². The third-order valence-electron chi connectivity index (χ3n) is 5.52. The molecule has 0 spiro atoms. The van der Waals surface area contributed by atoms with Gasteiger partial charge in [0.15, 0.2) is 5.76 Å². The largest absolute Gasteiger partial charge is 0.488 e. The second kappa shape index (κ2) is 19.9. The maximum atomic E-state index is 12.7. The average Bonchev–Trinajstić information content (AvgIpc) is 2.77. The first-order valence-corrected chi connectivity index (χ1v) is 12.9. The average molecular weight is 448 g/mol. The van der Waals surface area contributed by atoms with E-state index in [1.807, 2.05) is 34.6 Å². The molecule has 0 aliphatic heterocycles. The van der Waals surface area contributed by atoms with Crippen molar-refractivity contribution < 1.29 is 9.53 Å². The summed E-state index contributed by atoms with van der Waals surface area (Å²) in [4.78, 5) is 12.7. The van der Waals surface area contributed by atoms with Gasteiger partial charge in [-0.2, -0.15) is 0 Å². The molecule has 0 saturated carbocycles. The highest BCUT2D eigenvalue weighted by Gasteiger charge is 2.35. The Labute approximate surface area is 200 Å². The summed E-state index contributed by atoms with van der Waals surface area (Å²) in [5.41, 5.74) is 11.0. The molecule has 32 heavy (non-hydrogen) atoms. The number of hydrogen-bond donors (Lipinski definition) is 1. The highest BCUT2D eigenvalue weighted by molar-refractivity contribution is 5.97. The highest BCUT2D eigenvalue weighted by Crippen LogP contribution is 2.35. The molecular weight excluding hydrogens is 394 g/mol. The molecule has 0 amide bonds. The lowest BCUT2D eigenvalue weighted by atomic mass is 9.76. The molecule has 0 aromatic heterocycles. The van der Waals surface area contributed by atoms with Gasteiger partial charge < -0.3 is 10.5 Å². The summed E-state index contributed by atoms with van der Waals surface area (Å²) in [5, 5.41) is 0. The lowest BCUT2D eigenvalue weighted by Crippen LogP contribution is -2.33. The van der Waals surface area contributed by atoms with Crippen molar-refractivity contribution in [3.63, 3.8) is 0 Å². The van der Waals surface area contributed by atoms with Crippen LogP contribution >= 0.6 is 0 Å². The van der Waals surface area contributed by atoms with E-state index in [1.54, 1.807) is 0 Å². The number of hydrogen-bond acceptors (Lipinski definition) is 3. The van der Waals surface area contributed by atoms with E-state index >= 15 is 0 Å². The van der Waals surface area contributed by atoms with Crippen LogP contribution in [0.3, 0.4) is 0 Å². The van der Waals surface area contributed by atoms with Crippen molar-refractivity contribution in [3.8, 4) is 0 Å². The van der Waals surface area contributed by atoms with Crippen LogP contribution in [-0.2, 0) is 9.53 Å². The van der Waals surface area contributed by atoms with Gasteiger partial charge in [0.05, 0.1) is 12.3 Å². The topological polar surface area (TPSA) is 52.3 Å². The first kappa shape index (κ1) is 32.4. The SMILES string of the molecule is CC.CC.CCOC1=C(N)C[C@@H](C/C=C(\C)CC/C=C(\C)CCC=C(C)C)C(CC)C1=O. The molecule has 186 valence electrons. The number of rotatable bonds is 11. The van der Waals surface area contributed by atoms with Crippen LogP contribution in [0.15, 0.2) is 46.4 Å². The molecule has 0 heterocycles. The molecule has 3 nitrogen and oxygen atoms in total. The van der Waals surface area contributed by atoms with Crippen molar-refractivity contribution in [1.82, 2.24) is 0 Å². The van der Waals surface area contributed by atoms with Gasteiger partial charge in [0.2, 0.25) is 5.78 Å². The van der Waals surface area contributed by atoms with Gasteiger partial charge in [-0.15, -0.1) is 0 Å². The predicted octanol–water partition coefficient (Wildman–Crippen LogP) is 8.67. The minimum atomic E-state index is 0.0233. The van der Waals surface area contributed by atoms with Crippen LogP contribution in [0.25, 0.3) is 0 Å². The maximum Gasteiger partial charge on any atom is 0.202 e. The third kappa shape index (κ3) is 12.9. The fourth-order valence-corrected chi connectivity index (χ4v) is 3.82. The zero-order valence-electron chi connectivity index (χ0n) is 22.9. The minimum absolute atomic E-state index is 0.0233. The van der Waals surface area contributed by atoms with E-state index in [0.717, 1.165) is 44.9 Å². The molecule has 0 aromatic rings.